The number of nitrogen functional groups attached to an aromatic ring is 1. The molecule has 1 aliphatic rings. The van der Waals surface area contributed by atoms with Gasteiger partial charge in [-0.25, -0.2) is 0 Å². The number of rotatable bonds is 5. The van der Waals surface area contributed by atoms with Crippen molar-refractivity contribution in [1.29, 1.82) is 0 Å². The van der Waals surface area contributed by atoms with Crippen molar-refractivity contribution in [3.05, 3.63) is 84.2 Å². The number of benzene rings is 2. The smallest absolute Gasteiger partial charge is 0.119 e. The first-order valence-electron chi connectivity index (χ1n) is 9.61. The van der Waals surface area contributed by atoms with Gasteiger partial charge in [0, 0.05) is 34.9 Å². The second-order valence-electron chi connectivity index (χ2n) is 6.47. The fraction of sp³-hybridized carbons (Fsp3) is 0.250. The number of nitrogens with two attached hydrogens (primary N) is 1. The summed E-state index contributed by atoms with van der Waals surface area (Å²) >= 11 is 0. The van der Waals surface area contributed by atoms with Crippen LogP contribution in [0.2, 0.25) is 0 Å². The van der Waals surface area contributed by atoms with Crippen LogP contribution in [0.15, 0.2) is 73.1 Å². The molecule has 2 aromatic rings. The maximum Gasteiger partial charge on any atom is 0.119 e. The lowest BCUT2D eigenvalue weighted by atomic mass is 9.95. The van der Waals surface area contributed by atoms with Crippen molar-refractivity contribution in [2.24, 2.45) is 0 Å². The summed E-state index contributed by atoms with van der Waals surface area (Å²) in [5.41, 5.74) is 12.8. The van der Waals surface area contributed by atoms with Gasteiger partial charge in [0.25, 0.3) is 0 Å². The summed E-state index contributed by atoms with van der Waals surface area (Å²) in [6.45, 7) is 15.2. The van der Waals surface area contributed by atoms with E-state index in [0.717, 1.165) is 41.5 Å². The molecule has 28 heavy (non-hydrogen) atoms. The molecule has 0 unspecified atom stereocenters. The maximum atomic E-state index is 5.85. The molecule has 4 nitrogen and oxygen atoms in total. The number of nitrogens with zero attached hydrogens (tertiary/aromatic N) is 1. The van der Waals surface area contributed by atoms with Crippen LogP contribution in [0.1, 0.15) is 31.9 Å². The standard InChI is InChI=1S/C22H25N3O.C2H6/c1-15(2)25-11-10-17-13-20(26-4)8-9-21(17)22(25)12-16(3)24-19-7-5-6-18(23)14-19;1-2/h5-9,12-14,24H,1,3,10-11,23H2,2,4H3;1-2H3/b22-12-;. The minimum atomic E-state index is 0.717. The summed E-state index contributed by atoms with van der Waals surface area (Å²) in [6.07, 6.45) is 3.01. The van der Waals surface area contributed by atoms with Crippen LogP contribution in [0.3, 0.4) is 0 Å². The number of ether oxygens (including phenoxy) is 1. The van der Waals surface area contributed by atoms with Crippen LogP contribution in [-0.2, 0) is 6.42 Å². The average molecular weight is 378 g/mol. The molecular formula is C24H31N3O. The summed E-state index contributed by atoms with van der Waals surface area (Å²) < 4.78 is 5.37. The Balaban J connectivity index is 0.00000136. The molecule has 0 bridgehead atoms. The largest absolute Gasteiger partial charge is 0.497 e. The molecule has 4 heteroatoms. The van der Waals surface area contributed by atoms with E-state index in [4.69, 9.17) is 10.5 Å². The van der Waals surface area contributed by atoms with Crippen molar-refractivity contribution < 1.29 is 4.74 Å². The van der Waals surface area contributed by atoms with Gasteiger partial charge in [0.15, 0.2) is 0 Å². The fourth-order valence-electron chi connectivity index (χ4n) is 3.21. The van der Waals surface area contributed by atoms with Gasteiger partial charge in [-0.15, -0.1) is 0 Å². The van der Waals surface area contributed by atoms with Crippen LogP contribution in [0.25, 0.3) is 5.70 Å². The topological polar surface area (TPSA) is 50.5 Å². The number of methoxy groups -OCH3 is 1. The van der Waals surface area contributed by atoms with Crippen LogP contribution in [0.4, 0.5) is 11.4 Å². The quantitative estimate of drug-likeness (QED) is 0.660. The summed E-state index contributed by atoms with van der Waals surface area (Å²) in [5.74, 6) is 0.878. The van der Waals surface area contributed by atoms with Gasteiger partial charge in [-0.1, -0.05) is 33.1 Å². The van der Waals surface area contributed by atoms with Crippen molar-refractivity contribution >= 4 is 17.1 Å². The van der Waals surface area contributed by atoms with E-state index in [-0.39, 0.29) is 0 Å². The SMILES string of the molecule is C=C(/C=C1/c2ccc(OC)cc2CCN1C(=C)C)Nc1cccc(N)c1.CC. The van der Waals surface area contributed by atoms with Gasteiger partial charge >= 0.3 is 0 Å². The van der Waals surface area contributed by atoms with E-state index in [0.29, 0.717) is 5.69 Å². The van der Waals surface area contributed by atoms with E-state index in [1.807, 2.05) is 51.1 Å². The molecular weight excluding hydrogens is 346 g/mol. The number of nitrogens with one attached hydrogen (secondary N) is 1. The molecule has 1 aliphatic heterocycles. The summed E-state index contributed by atoms with van der Waals surface area (Å²) in [7, 11) is 1.69. The Morgan fingerprint density at radius 3 is 2.57 bits per heavy atom. The highest BCUT2D eigenvalue weighted by Crippen LogP contribution is 2.34. The Bertz CT molecular complexity index is 883. The second kappa shape index (κ2) is 9.70. The number of hydrogen-bond acceptors (Lipinski definition) is 4. The van der Waals surface area contributed by atoms with Crippen molar-refractivity contribution in [2.75, 3.05) is 24.7 Å². The van der Waals surface area contributed by atoms with E-state index < -0.39 is 0 Å². The molecule has 2 aromatic carbocycles. The van der Waals surface area contributed by atoms with E-state index in [1.54, 1.807) is 7.11 Å². The van der Waals surface area contributed by atoms with E-state index in [1.165, 1.54) is 11.1 Å². The molecule has 0 radical (unpaired) electrons. The van der Waals surface area contributed by atoms with E-state index in [2.05, 4.69) is 41.6 Å². The van der Waals surface area contributed by atoms with Crippen LogP contribution in [-0.4, -0.2) is 18.6 Å². The molecule has 0 aliphatic carbocycles. The van der Waals surface area contributed by atoms with Gasteiger partial charge in [0.1, 0.15) is 5.75 Å². The third-order valence-corrected chi connectivity index (χ3v) is 4.45. The lowest BCUT2D eigenvalue weighted by Gasteiger charge is -2.34. The highest BCUT2D eigenvalue weighted by atomic mass is 16.5. The Hall–Kier alpha value is -3.14. The molecule has 0 saturated carbocycles. The van der Waals surface area contributed by atoms with Crippen molar-refractivity contribution in [3.8, 4) is 5.75 Å². The first kappa shape index (κ1) is 21.2. The molecule has 0 amide bonds. The molecule has 3 N–H and O–H groups in total. The van der Waals surface area contributed by atoms with Crippen molar-refractivity contribution in [1.82, 2.24) is 4.90 Å². The lowest BCUT2D eigenvalue weighted by Crippen LogP contribution is -2.28. The molecule has 0 fully saturated rings. The zero-order valence-electron chi connectivity index (χ0n) is 17.4. The first-order chi connectivity index (χ1) is 13.5. The fourth-order valence-corrected chi connectivity index (χ4v) is 3.21. The zero-order valence-corrected chi connectivity index (χ0v) is 17.4. The maximum absolute atomic E-state index is 5.85. The number of hydrogen-bond donors (Lipinski definition) is 2. The van der Waals surface area contributed by atoms with E-state index in [9.17, 15) is 0 Å². The third kappa shape index (κ3) is 4.97. The molecule has 3 rings (SSSR count). The normalized spacial score (nSPS) is 13.9. The van der Waals surface area contributed by atoms with Crippen molar-refractivity contribution in [2.45, 2.75) is 27.2 Å². The Labute approximate surface area is 169 Å². The lowest BCUT2D eigenvalue weighted by molar-refractivity contribution is 0.412. The van der Waals surface area contributed by atoms with Crippen LogP contribution in [0, 0.1) is 0 Å². The Morgan fingerprint density at radius 2 is 1.93 bits per heavy atom. The molecule has 0 aromatic heterocycles. The minimum Gasteiger partial charge on any atom is -0.497 e. The summed E-state index contributed by atoms with van der Waals surface area (Å²) in [4.78, 5) is 2.22. The highest BCUT2D eigenvalue weighted by Gasteiger charge is 2.22. The zero-order chi connectivity index (χ0) is 20.7. The molecule has 0 saturated heterocycles. The van der Waals surface area contributed by atoms with Crippen molar-refractivity contribution in [3.63, 3.8) is 0 Å². The predicted octanol–water partition coefficient (Wildman–Crippen LogP) is 5.66. The summed E-state index contributed by atoms with van der Waals surface area (Å²) in [6, 6.07) is 13.8. The van der Waals surface area contributed by atoms with Gasteiger partial charge in [0.2, 0.25) is 0 Å². The van der Waals surface area contributed by atoms with Crippen LogP contribution >= 0.6 is 0 Å². The third-order valence-electron chi connectivity index (χ3n) is 4.45. The monoisotopic (exact) mass is 377 g/mol. The molecule has 148 valence electrons. The number of allylic oxidation sites excluding steroid dienone is 2. The van der Waals surface area contributed by atoms with Gasteiger partial charge in [-0.2, -0.15) is 0 Å². The summed E-state index contributed by atoms with van der Waals surface area (Å²) in [5, 5.41) is 3.31. The van der Waals surface area contributed by atoms with Crippen LogP contribution < -0.4 is 15.8 Å². The predicted molar refractivity (Wildman–Crippen MR) is 121 cm³/mol. The number of anilines is 2. The average Bonchev–Trinajstić information content (AvgIpc) is 2.69. The molecule has 0 spiro atoms. The van der Waals surface area contributed by atoms with E-state index >= 15 is 0 Å². The molecule has 1 heterocycles. The van der Waals surface area contributed by atoms with Gasteiger partial charge in [-0.05, 0) is 61.4 Å². The first-order valence-corrected chi connectivity index (χ1v) is 9.61. The molecule has 0 atom stereocenters. The van der Waals surface area contributed by atoms with Gasteiger partial charge in [0.05, 0.1) is 12.8 Å². The van der Waals surface area contributed by atoms with Crippen LogP contribution in [0.5, 0.6) is 5.75 Å². The number of fused-ring (bicyclic) bond motifs is 1. The Morgan fingerprint density at radius 1 is 1.18 bits per heavy atom. The second-order valence-corrected chi connectivity index (χ2v) is 6.47. The highest BCUT2D eigenvalue weighted by molar-refractivity contribution is 5.74. The Kier molecular flexibility index (Phi) is 7.33. The minimum absolute atomic E-state index is 0.717. The van der Waals surface area contributed by atoms with Gasteiger partial charge < -0.3 is 20.7 Å². The van der Waals surface area contributed by atoms with Gasteiger partial charge in [-0.3, -0.25) is 0 Å².